The lowest BCUT2D eigenvalue weighted by atomic mass is 10.1. The number of hydrogen-bond acceptors (Lipinski definition) is 3. The Kier molecular flexibility index (Phi) is 3.84. The van der Waals surface area contributed by atoms with Gasteiger partial charge < -0.3 is 16.2 Å². The Morgan fingerprint density at radius 3 is 2.56 bits per heavy atom. The summed E-state index contributed by atoms with van der Waals surface area (Å²) in [6.07, 6.45) is -0.820. The van der Waals surface area contributed by atoms with E-state index in [0.717, 1.165) is 0 Å². The highest BCUT2D eigenvalue weighted by molar-refractivity contribution is 5.78. The summed E-state index contributed by atoms with van der Waals surface area (Å²) in [6, 6.07) is 3.71. The third-order valence-corrected chi connectivity index (χ3v) is 2.17. The Bertz CT molecular complexity index is 394. The molecule has 0 bridgehead atoms. The largest absolute Gasteiger partial charge is 0.480 e. The van der Waals surface area contributed by atoms with Crippen molar-refractivity contribution >= 4 is 5.91 Å². The fraction of sp³-hybridized carbons (Fsp3) is 0.364. The molecule has 0 aromatic heterocycles. The fourth-order valence-electron chi connectivity index (χ4n) is 1.23. The Balaban J connectivity index is 3.01. The lowest BCUT2D eigenvalue weighted by molar-refractivity contribution is -0.124. The molecular weight excluding hydrogens is 211 g/mol. The monoisotopic (exact) mass is 226 g/mol. The van der Waals surface area contributed by atoms with Crippen molar-refractivity contribution in [3.8, 4) is 5.75 Å². The molecule has 1 amide bonds. The van der Waals surface area contributed by atoms with Gasteiger partial charge in [-0.2, -0.15) is 0 Å². The smallest absolute Gasteiger partial charge is 0.258 e. The number of carbonyl (C=O) groups excluding carboxylic acids is 1. The van der Waals surface area contributed by atoms with Crippen LogP contribution in [0.25, 0.3) is 0 Å². The van der Waals surface area contributed by atoms with Crippen LogP contribution < -0.4 is 16.2 Å². The predicted octanol–water partition coefficient (Wildman–Crippen LogP) is 1.10. The van der Waals surface area contributed by atoms with Gasteiger partial charge in [0.25, 0.3) is 5.91 Å². The van der Waals surface area contributed by atoms with E-state index in [0.29, 0.717) is 5.56 Å². The van der Waals surface area contributed by atoms with Crippen molar-refractivity contribution in [1.82, 2.24) is 0 Å². The van der Waals surface area contributed by atoms with Gasteiger partial charge in [-0.3, -0.25) is 4.79 Å². The number of rotatable bonds is 4. The van der Waals surface area contributed by atoms with Gasteiger partial charge in [-0.15, -0.1) is 0 Å². The Morgan fingerprint density at radius 1 is 1.44 bits per heavy atom. The molecule has 0 saturated heterocycles. The molecule has 1 aromatic carbocycles. The number of ether oxygens (including phenoxy) is 1. The molecule has 16 heavy (non-hydrogen) atoms. The van der Waals surface area contributed by atoms with Crippen molar-refractivity contribution < 1.29 is 13.9 Å². The van der Waals surface area contributed by atoms with Crippen LogP contribution in [0.5, 0.6) is 5.75 Å². The van der Waals surface area contributed by atoms with E-state index in [4.69, 9.17) is 16.2 Å². The van der Waals surface area contributed by atoms with Crippen molar-refractivity contribution in [1.29, 1.82) is 0 Å². The minimum atomic E-state index is -0.820. The second-order valence-corrected chi connectivity index (χ2v) is 3.63. The number of nitrogens with two attached hydrogens (primary N) is 2. The van der Waals surface area contributed by atoms with Gasteiger partial charge in [0.1, 0.15) is 11.6 Å². The van der Waals surface area contributed by atoms with Crippen LogP contribution in [0.2, 0.25) is 0 Å². The van der Waals surface area contributed by atoms with E-state index in [9.17, 15) is 9.18 Å². The van der Waals surface area contributed by atoms with E-state index in [1.165, 1.54) is 25.1 Å². The first kappa shape index (κ1) is 12.4. The van der Waals surface area contributed by atoms with Gasteiger partial charge in [-0.25, -0.2) is 4.39 Å². The molecule has 0 spiro atoms. The van der Waals surface area contributed by atoms with E-state index in [1.54, 1.807) is 6.92 Å². The molecule has 5 heteroatoms. The molecular formula is C11H15FN2O2. The average Bonchev–Trinajstić information content (AvgIpc) is 2.16. The highest BCUT2D eigenvalue weighted by Crippen LogP contribution is 2.25. The summed E-state index contributed by atoms with van der Waals surface area (Å²) in [7, 11) is 0. The normalized spacial score (nSPS) is 14.2. The van der Waals surface area contributed by atoms with Gasteiger partial charge in [-0.1, -0.05) is 6.07 Å². The molecule has 0 aliphatic rings. The highest BCUT2D eigenvalue weighted by atomic mass is 19.1. The summed E-state index contributed by atoms with van der Waals surface area (Å²) in [5.74, 6) is -0.808. The van der Waals surface area contributed by atoms with Crippen molar-refractivity contribution in [2.45, 2.75) is 26.0 Å². The lowest BCUT2D eigenvalue weighted by Crippen LogP contribution is -2.31. The molecule has 4 nitrogen and oxygen atoms in total. The molecule has 0 radical (unpaired) electrons. The zero-order chi connectivity index (χ0) is 12.3. The maximum Gasteiger partial charge on any atom is 0.258 e. The summed E-state index contributed by atoms with van der Waals surface area (Å²) in [4.78, 5) is 10.8. The van der Waals surface area contributed by atoms with Crippen LogP contribution in [-0.4, -0.2) is 12.0 Å². The second kappa shape index (κ2) is 4.94. The SMILES string of the molecule is CC(Oc1cc(F)ccc1[C@H](C)N)C(N)=O. The molecule has 1 unspecified atom stereocenters. The van der Waals surface area contributed by atoms with Crippen molar-refractivity contribution in [2.24, 2.45) is 11.5 Å². The molecule has 0 fully saturated rings. The molecule has 1 rings (SSSR count). The highest BCUT2D eigenvalue weighted by Gasteiger charge is 2.15. The maximum atomic E-state index is 13.0. The zero-order valence-corrected chi connectivity index (χ0v) is 9.24. The molecule has 0 aliphatic heterocycles. The molecule has 2 atom stereocenters. The van der Waals surface area contributed by atoms with Crippen LogP contribution in [0, 0.1) is 5.82 Å². The minimum absolute atomic E-state index is 0.251. The van der Waals surface area contributed by atoms with Gasteiger partial charge >= 0.3 is 0 Å². The molecule has 1 aromatic rings. The van der Waals surface area contributed by atoms with Crippen LogP contribution in [0.4, 0.5) is 4.39 Å². The summed E-state index contributed by atoms with van der Waals surface area (Å²) in [6.45, 7) is 3.24. The lowest BCUT2D eigenvalue weighted by Gasteiger charge is -2.16. The van der Waals surface area contributed by atoms with Gasteiger partial charge in [0, 0.05) is 17.7 Å². The van der Waals surface area contributed by atoms with E-state index in [-0.39, 0.29) is 11.8 Å². The van der Waals surface area contributed by atoms with Crippen LogP contribution in [-0.2, 0) is 4.79 Å². The second-order valence-electron chi connectivity index (χ2n) is 3.63. The standard InChI is InChI=1S/C11H15FN2O2/c1-6(13)9-4-3-8(12)5-10(9)16-7(2)11(14)15/h3-7H,13H2,1-2H3,(H2,14,15)/t6-,7?/m0/s1. The van der Waals surface area contributed by atoms with Crippen molar-refractivity contribution in [2.75, 3.05) is 0 Å². The van der Waals surface area contributed by atoms with E-state index in [2.05, 4.69) is 0 Å². The molecule has 0 saturated carbocycles. The van der Waals surface area contributed by atoms with E-state index < -0.39 is 17.8 Å². The molecule has 88 valence electrons. The van der Waals surface area contributed by atoms with Crippen LogP contribution in [0.1, 0.15) is 25.5 Å². The topological polar surface area (TPSA) is 78.3 Å². The van der Waals surface area contributed by atoms with Crippen LogP contribution in [0.3, 0.4) is 0 Å². The van der Waals surface area contributed by atoms with Crippen molar-refractivity contribution in [3.05, 3.63) is 29.6 Å². The Labute approximate surface area is 93.4 Å². The summed E-state index contributed by atoms with van der Waals surface area (Å²) in [5, 5.41) is 0. The summed E-state index contributed by atoms with van der Waals surface area (Å²) < 4.78 is 18.3. The van der Waals surface area contributed by atoms with E-state index in [1.807, 2.05) is 0 Å². The Hall–Kier alpha value is -1.62. The molecule has 4 N–H and O–H groups in total. The predicted molar refractivity (Wildman–Crippen MR) is 58.3 cm³/mol. The van der Waals surface area contributed by atoms with Crippen LogP contribution >= 0.6 is 0 Å². The number of amides is 1. The van der Waals surface area contributed by atoms with Crippen molar-refractivity contribution in [3.63, 3.8) is 0 Å². The third-order valence-electron chi connectivity index (χ3n) is 2.17. The fourth-order valence-corrected chi connectivity index (χ4v) is 1.23. The summed E-state index contributed by atoms with van der Waals surface area (Å²) >= 11 is 0. The number of halogens is 1. The van der Waals surface area contributed by atoms with Gasteiger partial charge in [0.15, 0.2) is 6.10 Å². The quantitative estimate of drug-likeness (QED) is 0.806. The van der Waals surface area contributed by atoms with E-state index >= 15 is 0 Å². The Morgan fingerprint density at radius 2 is 2.06 bits per heavy atom. The molecule has 0 aliphatic carbocycles. The first-order chi connectivity index (χ1) is 7.41. The minimum Gasteiger partial charge on any atom is -0.480 e. The first-order valence-corrected chi connectivity index (χ1v) is 4.93. The van der Waals surface area contributed by atoms with Gasteiger partial charge in [0.2, 0.25) is 0 Å². The van der Waals surface area contributed by atoms with Gasteiger partial charge in [-0.05, 0) is 19.9 Å². The first-order valence-electron chi connectivity index (χ1n) is 4.93. The summed E-state index contributed by atoms with van der Waals surface area (Å²) in [5.41, 5.74) is 11.4. The maximum absolute atomic E-state index is 13.0. The van der Waals surface area contributed by atoms with Gasteiger partial charge in [0.05, 0.1) is 0 Å². The number of primary amides is 1. The number of carbonyl (C=O) groups is 1. The zero-order valence-electron chi connectivity index (χ0n) is 9.24. The third kappa shape index (κ3) is 2.93. The molecule has 0 heterocycles. The number of hydrogen-bond donors (Lipinski definition) is 2. The average molecular weight is 226 g/mol. The number of benzene rings is 1. The van der Waals surface area contributed by atoms with Crippen LogP contribution in [0.15, 0.2) is 18.2 Å².